The number of nitro groups is 1. The second-order valence-electron chi connectivity index (χ2n) is 6.33. The summed E-state index contributed by atoms with van der Waals surface area (Å²) < 4.78 is 40.8. The third kappa shape index (κ3) is 7.22. The molecule has 0 saturated heterocycles. The summed E-state index contributed by atoms with van der Waals surface area (Å²) in [4.78, 5) is 25.8. The zero-order valence-corrected chi connectivity index (χ0v) is 17.3. The van der Waals surface area contributed by atoms with Crippen molar-refractivity contribution in [2.45, 2.75) is 23.8 Å². The molecule has 0 saturated carbocycles. The van der Waals surface area contributed by atoms with Crippen molar-refractivity contribution in [2.24, 2.45) is 10.8 Å². The van der Waals surface area contributed by atoms with Crippen LogP contribution < -0.4 is 21.3 Å². The SMILES string of the molecule is N/C(=N/[N+](=O)[O-])NCCC[C@@H](NS(=O)(=O)c1ccc(-c2cccc(F)c2)nc1)C(=O)NO. The largest absolute Gasteiger partial charge is 0.365 e. The smallest absolute Gasteiger partial charge is 0.266 e. The van der Waals surface area contributed by atoms with Gasteiger partial charge in [0.15, 0.2) is 5.03 Å². The number of guanidine groups is 1. The molecule has 0 spiro atoms. The molecule has 0 unspecified atom stereocenters. The first kappa shape index (κ1) is 24.6. The second-order valence-corrected chi connectivity index (χ2v) is 8.05. The molecule has 1 aromatic heterocycles. The molecule has 0 fully saturated rings. The Balaban J connectivity index is 2.06. The van der Waals surface area contributed by atoms with Gasteiger partial charge in [0.05, 0.1) is 5.69 Å². The predicted octanol–water partition coefficient (Wildman–Crippen LogP) is -0.0838. The molecule has 0 aliphatic heterocycles. The number of sulfonamides is 1. The summed E-state index contributed by atoms with van der Waals surface area (Å²) in [7, 11) is -4.21. The lowest BCUT2D eigenvalue weighted by Crippen LogP contribution is -2.46. The quantitative estimate of drug-likeness (QED) is 0.0787. The van der Waals surface area contributed by atoms with Crippen molar-refractivity contribution in [1.82, 2.24) is 20.5 Å². The Kier molecular flexibility index (Phi) is 8.51. The maximum absolute atomic E-state index is 13.4. The lowest BCUT2D eigenvalue weighted by Gasteiger charge is -2.17. The van der Waals surface area contributed by atoms with Crippen LogP contribution in [0.25, 0.3) is 11.3 Å². The van der Waals surface area contributed by atoms with E-state index in [4.69, 9.17) is 10.9 Å². The van der Waals surface area contributed by atoms with Crippen LogP contribution in [0.1, 0.15) is 12.8 Å². The average molecular weight is 469 g/mol. The molecule has 15 heteroatoms. The number of amides is 1. The number of nitrogens with two attached hydrogens (primary N) is 1. The van der Waals surface area contributed by atoms with E-state index < -0.39 is 38.8 Å². The summed E-state index contributed by atoms with van der Waals surface area (Å²) in [5.41, 5.74) is 7.42. The number of hydrazone groups is 1. The zero-order chi connectivity index (χ0) is 23.7. The van der Waals surface area contributed by atoms with Gasteiger partial charge in [-0.2, -0.15) is 4.72 Å². The average Bonchev–Trinajstić information content (AvgIpc) is 2.75. The fourth-order valence-corrected chi connectivity index (χ4v) is 3.75. The molecule has 1 amide bonds. The monoisotopic (exact) mass is 469 g/mol. The van der Waals surface area contributed by atoms with Crippen LogP contribution in [0.5, 0.6) is 0 Å². The number of carbonyl (C=O) groups excluding carboxylic acids is 1. The van der Waals surface area contributed by atoms with Gasteiger partial charge in [-0.1, -0.05) is 12.1 Å². The van der Waals surface area contributed by atoms with E-state index in [-0.39, 0.29) is 24.3 Å². The maximum atomic E-state index is 13.4. The first-order chi connectivity index (χ1) is 15.1. The third-order valence-electron chi connectivity index (χ3n) is 4.06. The van der Waals surface area contributed by atoms with Crippen LogP contribution in [0, 0.1) is 15.9 Å². The van der Waals surface area contributed by atoms with Gasteiger partial charge in [0, 0.05) is 18.3 Å². The minimum absolute atomic E-state index is 0.0456. The number of pyridine rings is 1. The van der Waals surface area contributed by atoms with Crippen molar-refractivity contribution < 1.29 is 27.8 Å². The molecule has 0 bridgehead atoms. The fraction of sp³-hybridized carbons (Fsp3) is 0.235. The fourth-order valence-electron chi connectivity index (χ4n) is 2.58. The molecule has 1 heterocycles. The van der Waals surface area contributed by atoms with Crippen LogP contribution in [0.4, 0.5) is 4.39 Å². The van der Waals surface area contributed by atoms with Gasteiger partial charge < -0.3 is 11.1 Å². The van der Waals surface area contributed by atoms with Gasteiger partial charge in [-0.3, -0.25) is 15.0 Å². The van der Waals surface area contributed by atoms with E-state index in [1.54, 1.807) is 6.07 Å². The molecule has 2 rings (SSSR count). The molecular formula is C17H20FN7O6S. The molecule has 0 aliphatic carbocycles. The molecule has 6 N–H and O–H groups in total. The minimum Gasteiger partial charge on any atom is -0.365 e. The van der Waals surface area contributed by atoms with Crippen LogP contribution >= 0.6 is 0 Å². The van der Waals surface area contributed by atoms with Gasteiger partial charge in [0.25, 0.3) is 11.9 Å². The van der Waals surface area contributed by atoms with Crippen LogP contribution in [0.15, 0.2) is 52.6 Å². The molecule has 172 valence electrons. The summed E-state index contributed by atoms with van der Waals surface area (Å²) in [5.74, 6) is -1.94. The third-order valence-corrected chi connectivity index (χ3v) is 5.51. The molecular weight excluding hydrogens is 449 g/mol. The van der Waals surface area contributed by atoms with Crippen molar-refractivity contribution in [1.29, 1.82) is 0 Å². The molecule has 0 aliphatic rings. The molecule has 32 heavy (non-hydrogen) atoms. The highest BCUT2D eigenvalue weighted by Crippen LogP contribution is 2.19. The van der Waals surface area contributed by atoms with E-state index in [9.17, 15) is 27.7 Å². The Morgan fingerprint density at radius 3 is 2.69 bits per heavy atom. The first-order valence-electron chi connectivity index (χ1n) is 9.03. The maximum Gasteiger partial charge on any atom is 0.266 e. The number of halogens is 1. The van der Waals surface area contributed by atoms with Crippen molar-refractivity contribution in [3.63, 3.8) is 0 Å². The van der Waals surface area contributed by atoms with Gasteiger partial charge in [0.2, 0.25) is 10.0 Å². The van der Waals surface area contributed by atoms with Crippen LogP contribution in [-0.4, -0.2) is 48.1 Å². The normalized spacial score (nSPS) is 12.8. The van der Waals surface area contributed by atoms with Gasteiger partial charge in [-0.25, -0.2) is 28.4 Å². The van der Waals surface area contributed by atoms with Crippen LogP contribution in [0.3, 0.4) is 0 Å². The van der Waals surface area contributed by atoms with Gasteiger partial charge in [0.1, 0.15) is 21.9 Å². The first-order valence-corrected chi connectivity index (χ1v) is 10.5. The number of hydrogen-bond acceptors (Lipinski definition) is 7. The number of nitrogens with one attached hydrogen (secondary N) is 3. The number of hydroxylamine groups is 1. The van der Waals surface area contributed by atoms with E-state index >= 15 is 0 Å². The second kappa shape index (κ2) is 11.1. The number of benzene rings is 1. The number of rotatable bonds is 10. The highest BCUT2D eigenvalue weighted by molar-refractivity contribution is 7.89. The van der Waals surface area contributed by atoms with Gasteiger partial charge in [-0.15, -0.1) is 0 Å². The summed E-state index contributed by atoms with van der Waals surface area (Å²) in [6.07, 6.45) is 1.11. The molecule has 2 aromatic rings. The Morgan fingerprint density at radius 2 is 2.09 bits per heavy atom. The topological polar surface area (TPSA) is 202 Å². The Morgan fingerprint density at radius 1 is 1.34 bits per heavy atom. The van der Waals surface area contributed by atoms with Crippen molar-refractivity contribution in [3.8, 4) is 11.3 Å². The van der Waals surface area contributed by atoms with E-state index in [1.807, 2.05) is 0 Å². The summed E-state index contributed by atoms with van der Waals surface area (Å²) in [5, 5.41) is 23.4. The molecule has 1 aromatic carbocycles. The van der Waals surface area contributed by atoms with Crippen LogP contribution in [-0.2, 0) is 14.8 Å². The van der Waals surface area contributed by atoms with E-state index in [1.165, 1.54) is 35.8 Å². The van der Waals surface area contributed by atoms with Crippen molar-refractivity contribution in [3.05, 3.63) is 58.5 Å². The summed E-state index contributed by atoms with van der Waals surface area (Å²) in [6, 6.07) is 6.86. The number of aromatic nitrogens is 1. The zero-order valence-electron chi connectivity index (χ0n) is 16.4. The van der Waals surface area contributed by atoms with Crippen molar-refractivity contribution >= 4 is 21.9 Å². The number of nitrogens with zero attached hydrogens (tertiary/aromatic N) is 3. The Bertz CT molecular complexity index is 1090. The summed E-state index contributed by atoms with van der Waals surface area (Å²) >= 11 is 0. The van der Waals surface area contributed by atoms with E-state index in [2.05, 4.69) is 20.1 Å². The molecule has 1 atom stereocenters. The number of carbonyl (C=O) groups is 1. The van der Waals surface area contributed by atoms with Gasteiger partial charge >= 0.3 is 0 Å². The highest BCUT2D eigenvalue weighted by atomic mass is 32.2. The Hall–Kier alpha value is -3.69. The van der Waals surface area contributed by atoms with E-state index in [0.717, 1.165) is 6.20 Å². The van der Waals surface area contributed by atoms with Crippen molar-refractivity contribution in [2.75, 3.05) is 6.54 Å². The predicted molar refractivity (Wildman–Crippen MR) is 110 cm³/mol. The Labute approximate surface area is 181 Å². The standard InChI is InChI=1S/C17H20FN7O6S/c18-12-4-1-3-11(9-12)14-7-6-13(10-21-14)32(30,31)24-15(16(26)23-27)5-2-8-20-17(19)22-25(28)29/h1,3-4,6-7,9-10,15,24,27H,2,5,8H2,(H,23,26)(H3,19,20,22)/t15-/m1/s1. The minimum atomic E-state index is -4.21. The molecule has 0 radical (unpaired) electrons. The highest BCUT2D eigenvalue weighted by Gasteiger charge is 2.25. The summed E-state index contributed by atoms with van der Waals surface area (Å²) in [6.45, 7) is 0.0456. The number of hydrogen-bond donors (Lipinski definition) is 5. The lowest BCUT2D eigenvalue weighted by atomic mass is 10.1. The molecule has 13 nitrogen and oxygen atoms in total. The van der Waals surface area contributed by atoms with Gasteiger partial charge in [-0.05, 0) is 37.1 Å². The lowest BCUT2D eigenvalue weighted by molar-refractivity contribution is -0.485. The van der Waals surface area contributed by atoms with Crippen LogP contribution in [0.2, 0.25) is 0 Å². The van der Waals surface area contributed by atoms with E-state index in [0.29, 0.717) is 11.3 Å².